The van der Waals surface area contributed by atoms with Crippen LogP contribution in [0.15, 0.2) is 22.7 Å². The molecule has 0 saturated carbocycles. The van der Waals surface area contributed by atoms with Crippen LogP contribution >= 0.6 is 15.9 Å². The number of halogens is 3. The molecule has 0 N–H and O–H groups in total. The zero-order valence-electron chi connectivity index (χ0n) is 9.54. The Morgan fingerprint density at radius 1 is 1.33 bits per heavy atom. The number of likely N-dealkylation sites (tertiary alicyclic amines) is 1. The van der Waals surface area contributed by atoms with Gasteiger partial charge in [0.25, 0.3) is 5.91 Å². The topological polar surface area (TPSA) is 29.5 Å². The molecule has 0 aromatic heterocycles. The molecule has 1 fully saturated rings. The van der Waals surface area contributed by atoms with E-state index in [1.165, 1.54) is 12.1 Å². The fraction of sp³-hybridized carbons (Fsp3) is 0.417. The molecule has 0 aliphatic carbocycles. The van der Waals surface area contributed by atoms with Crippen molar-refractivity contribution in [3.63, 3.8) is 0 Å². The summed E-state index contributed by atoms with van der Waals surface area (Å²) in [6, 6.07) is 4.53. The van der Waals surface area contributed by atoms with Crippen LogP contribution in [-0.2, 0) is 0 Å². The maximum absolute atomic E-state index is 12.3. The van der Waals surface area contributed by atoms with E-state index in [0.29, 0.717) is 17.6 Å². The van der Waals surface area contributed by atoms with E-state index in [1.54, 1.807) is 11.0 Å². The Bertz CT molecular complexity index is 448. The Labute approximate surface area is 112 Å². The summed E-state index contributed by atoms with van der Waals surface area (Å²) in [4.78, 5) is 13.8. The third-order valence-corrected chi connectivity index (χ3v) is 3.28. The van der Waals surface area contributed by atoms with Crippen molar-refractivity contribution in [1.29, 1.82) is 0 Å². The van der Waals surface area contributed by atoms with Gasteiger partial charge in [0.05, 0.1) is 5.56 Å². The van der Waals surface area contributed by atoms with Gasteiger partial charge >= 0.3 is 6.61 Å². The van der Waals surface area contributed by atoms with Gasteiger partial charge in [-0.2, -0.15) is 8.78 Å². The third kappa shape index (κ3) is 2.98. The molecule has 2 rings (SSSR count). The zero-order chi connectivity index (χ0) is 13.1. The Balaban J connectivity index is 2.27. The summed E-state index contributed by atoms with van der Waals surface area (Å²) in [5.74, 6) is -0.341. The van der Waals surface area contributed by atoms with E-state index in [1.807, 2.05) is 0 Å². The number of nitrogens with zero attached hydrogens (tertiary/aromatic N) is 1. The Kier molecular flexibility index (Phi) is 4.16. The molecule has 1 heterocycles. The number of ether oxygens (including phenoxy) is 1. The molecular weight excluding hydrogens is 308 g/mol. The molecule has 6 heteroatoms. The van der Waals surface area contributed by atoms with Crippen molar-refractivity contribution in [1.82, 2.24) is 4.90 Å². The van der Waals surface area contributed by atoms with Crippen molar-refractivity contribution in [2.45, 2.75) is 19.5 Å². The van der Waals surface area contributed by atoms with Gasteiger partial charge < -0.3 is 9.64 Å². The predicted molar refractivity (Wildman–Crippen MR) is 65.9 cm³/mol. The smallest absolute Gasteiger partial charge is 0.387 e. The quantitative estimate of drug-likeness (QED) is 0.855. The number of rotatable bonds is 3. The van der Waals surface area contributed by atoms with Crippen LogP contribution in [0.3, 0.4) is 0 Å². The van der Waals surface area contributed by atoms with Crippen molar-refractivity contribution in [3.8, 4) is 5.75 Å². The lowest BCUT2D eigenvalue weighted by Gasteiger charge is -2.17. The van der Waals surface area contributed by atoms with Gasteiger partial charge in [-0.1, -0.05) is 15.9 Å². The molecule has 0 radical (unpaired) electrons. The van der Waals surface area contributed by atoms with Crippen LogP contribution in [0.2, 0.25) is 0 Å². The van der Waals surface area contributed by atoms with E-state index >= 15 is 0 Å². The van der Waals surface area contributed by atoms with Crippen LogP contribution in [0.1, 0.15) is 23.2 Å². The molecule has 1 aromatic carbocycles. The predicted octanol–water partition coefficient (Wildman–Crippen LogP) is 3.29. The minimum Gasteiger partial charge on any atom is -0.434 e. The van der Waals surface area contributed by atoms with E-state index in [0.717, 1.165) is 12.8 Å². The summed E-state index contributed by atoms with van der Waals surface area (Å²) in [5, 5.41) is 0. The second kappa shape index (κ2) is 5.65. The fourth-order valence-electron chi connectivity index (χ4n) is 1.96. The second-order valence-electron chi connectivity index (χ2n) is 4.02. The van der Waals surface area contributed by atoms with Crippen LogP contribution in [0.4, 0.5) is 8.78 Å². The number of amides is 1. The molecule has 0 spiro atoms. The summed E-state index contributed by atoms with van der Waals surface area (Å²) in [6.07, 6.45) is 1.90. The van der Waals surface area contributed by atoms with Crippen molar-refractivity contribution in [2.24, 2.45) is 0 Å². The van der Waals surface area contributed by atoms with Gasteiger partial charge in [0.15, 0.2) is 0 Å². The standard InChI is InChI=1S/C12H12BrF2NO2/c13-8-3-4-9(10(7-8)18-12(14)15)11(17)16-5-1-2-6-16/h3-4,7,12H,1-2,5-6H2. The van der Waals surface area contributed by atoms with Crippen LogP contribution in [0.25, 0.3) is 0 Å². The number of carbonyl (C=O) groups excluding carboxylic acids is 1. The van der Waals surface area contributed by atoms with Crippen molar-refractivity contribution in [3.05, 3.63) is 28.2 Å². The number of alkyl halides is 2. The SMILES string of the molecule is O=C(c1ccc(Br)cc1OC(F)F)N1CCCC1. The third-order valence-electron chi connectivity index (χ3n) is 2.78. The Morgan fingerprint density at radius 2 is 2.00 bits per heavy atom. The van der Waals surface area contributed by atoms with Gasteiger partial charge in [-0.05, 0) is 31.0 Å². The van der Waals surface area contributed by atoms with Crippen LogP contribution in [0, 0.1) is 0 Å². The summed E-state index contributed by atoms with van der Waals surface area (Å²) >= 11 is 3.17. The summed E-state index contributed by atoms with van der Waals surface area (Å²) in [6.45, 7) is -1.60. The average Bonchev–Trinajstić information content (AvgIpc) is 2.81. The van der Waals surface area contributed by atoms with Gasteiger partial charge in [0.2, 0.25) is 0 Å². The monoisotopic (exact) mass is 319 g/mol. The van der Waals surface area contributed by atoms with Crippen molar-refractivity contribution in [2.75, 3.05) is 13.1 Å². The van der Waals surface area contributed by atoms with Gasteiger partial charge in [0.1, 0.15) is 5.75 Å². The maximum Gasteiger partial charge on any atom is 0.387 e. The van der Waals surface area contributed by atoms with E-state index in [2.05, 4.69) is 20.7 Å². The zero-order valence-corrected chi connectivity index (χ0v) is 11.1. The van der Waals surface area contributed by atoms with Gasteiger partial charge in [0, 0.05) is 17.6 Å². The molecule has 0 unspecified atom stereocenters. The molecule has 18 heavy (non-hydrogen) atoms. The summed E-state index contributed by atoms with van der Waals surface area (Å²) in [5.41, 5.74) is 0.181. The van der Waals surface area contributed by atoms with E-state index in [4.69, 9.17) is 0 Å². The molecule has 1 saturated heterocycles. The van der Waals surface area contributed by atoms with Crippen LogP contribution < -0.4 is 4.74 Å². The van der Waals surface area contributed by atoms with Crippen molar-refractivity contribution >= 4 is 21.8 Å². The number of carbonyl (C=O) groups is 1. The Hall–Kier alpha value is -1.17. The van der Waals surface area contributed by atoms with Gasteiger partial charge in [-0.3, -0.25) is 4.79 Å². The Morgan fingerprint density at radius 3 is 2.61 bits per heavy atom. The highest BCUT2D eigenvalue weighted by Crippen LogP contribution is 2.27. The molecule has 3 nitrogen and oxygen atoms in total. The molecular formula is C12H12BrF2NO2. The minimum absolute atomic E-state index is 0.0868. The lowest BCUT2D eigenvalue weighted by molar-refractivity contribution is -0.0503. The lowest BCUT2D eigenvalue weighted by Crippen LogP contribution is -2.28. The molecule has 1 aromatic rings. The number of hydrogen-bond donors (Lipinski definition) is 0. The van der Waals surface area contributed by atoms with Gasteiger partial charge in [-0.25, -0.2) is 0 Å². The summed E-state index contributed by atoms with van der Waals surface area (Å²) < 4.78 is 29.6. The first kappa shape index (κ1) is 13.3. The van der Waals surface area contributed by atoms with Crippen LogP contribution in [0.5, 0.6) is 5.75 Å². The molecule has 0 bridgehead atoms. The highest BCUT2D eigenvalue weighted by Gasteiger charge is 2.23. The first-order valence-electron chi connectivity index (χ1n) is 5.61. The lowest BCUT2D eigenvalue weighted by atomic mass is 10.2. The van der Waals surface area contributed by atoms with E-state index < -0.39 is 6.61 Å². The first-order chi connectivity index (χ1) is 8.58. The first-order valence-corrected chi connectivity index (χ1v) is 6.41. The van der Waals surface area contributed by atoms with Crippen LogP contribution in [-0.4, -0.2) is 30.5 Å². The highest BCUT2D eigenvalue weighted by atomic mass is 79.9. The van der Waals surface area contributed by atoms with Gasteiger partial charge in [-0.15, -0.1) is 0 Å². The van der Waals surface area contributed by atoms with E-state index in [9.17, 15) is 13.6 Å². The summed E-state index contributed by atoms with van der Waals surface area (Å²) in [7, 11) is 0. The molecule has 1 amide bonds. The van der Waals surface area contributed by atoms with Crippen molar-refractivity contribution < 1.29 is 18.3 Å². The number of hydrogen-bond acceptors (Lipinski definition) is 2. The largest absolute Gasteiger partial charge is 0.434 e. The second-order valence-corrected chi connectivity index (χ2v) is 4.93. The number of benzene rings is 1. The highest BCUT2D eigenvalue weighted by molar-refractivity contribution is 9.10. The molecule has 98 valence electrons. The normalized spacial score (nSPS) is 15.2. The minimum atomic E-state index is -2.94. The molecule has 1 aliphatic heterocycles. The van der Waals surface area contributed by atoms with E-state index in [-0.39, 0.29) is 17.2 Å². The molecule has 0 atom stereocenters. The maximum atomic E-state index is 12.3. The fourth-order valence-corrected chi connectivity index (χ4v) is 2.30. The average molecular weight is 320 g/mol. The molecule has 1 aliphatic rings.